The first-order valence-electron chi connectivity index (χ1n) is 8.76. The molecule has 4 nitrogen and oxygen atoms in total. The van der Waals surface area contributed by atoms with Crippen molar-refractivity contribution in [1.82, 2.24) is 0 Å². The lowest BCUT2D eigenvalue weighted by atomic mass is 9.54. The van der Waals surface area contributed by atoms with Gasteiger partial charge in [-0.3, -0.25) is 9.59 Å². The number of nitrogens with zero attached hydrogens (tertiary/aromatic N) is 1. The van der Waals surface area contributed by atoms with Gasteiger partial charge in [0.2, 0.25) is 0 Å². The maximum Gasteiger partial charge on any atom is 0.150 e. The van der Waals surface area contributed by atoms with Crippen molar-refractivity contribution in [3.8, 4) is 0 Å². The Morgan fingerprint density at radius 3 is 2.38 bits per heavy atom. The molecule has 4 heteroatoms. The van der Waals surface area contributed by atoms with E-state index in [2.05, 4.69) is 31.1 Å². The zero-order chi connectivity index (χ0) is 17.5. The molecule has 2 aliphatic rings. The average Bonchev–Trinajstić information content (AvgIpc) is 2.48. The highest BCUT2D eigenvalue weighted by Gasteiger charge is 2.53. The third-order valence-electron chi connectivity index (χ3n) is 5.30. The minimum absolute atomic E-state index is 0.00261. The Bertz CT molecular complexity index is 697. The van der Waals surface area contributed by atoms with Crippen LogP contribution < -0.4 is 0 Å². The van der Waals surface area contributed by atoms with E-state index in [9.17, 15) is 9.59 Å². The van der Waals surface area contributed by atoms with Crippen molar-refractivity contribution in [2.24, 2.45) is 11.1 Å². The van der Waals surface area contributed by atoms with Crippen LogP contribution in [0.2, 0.25) is 0 Å². The highest BCUT2D eigenvalue weighted by molar-refractivity contribution is 6.22. The Balaban J connectivity index is 1.89. The van der Waals surface area contributed by atoms with E-state index >= 15 is 0 Å². The molecule has 1 aromatic rings. The number of fused-ring (bicyclic) bond motifs is 2. The van der Waals surface area contributed by atoms with Gasteiger partial charge in [0.15, 0.2) is 0 Å². The molecule has 0 radical (unpaired) electrons. The molecule has 1 spiro atoms. The van der Waals surface area contributed by atoms with Gasteiger partial charge in [0, 0.05) is 18.3 Å². The Hall–Kier alpha value is -1.97. The van der Waals surface area contributed by atoms with Gasteiger partial charge in [-0.25, -0.2) is 0 Å². The van der Waals surface area contributed by atoms with Crippen molar-refractivity contribution in [3.63, 3.8) is 0 Å². The zero-order valence-electron chi connectivity index (χ0n) is 14.9. The Labute approximate surface area is 143 Å². The molecular formula is C20H25NO3. The topological polar surface area (TPSA) is 55.7 Å². The number of aryl methyl sites for hydroxylation is 2. The molecule has 0 unspecified atom stereocenters. The SMILES string of the molecule is CCON=C(CC)C1C(=O)CC2(CC1=O)Cc1cc(C)cc(C)c12. The van der Waals surface area contributed by atoms with E-state index in [1.165, 1.54) is 22.3 Å². The molecule has 0 heterocycles. The van der Waals surface area contributed by atoms with Crippen LogP contribution in [0.4, 0.5) is 0 Å². The van der Waals surface area contributed by atoms with Crippen LogP contribution >= 0.6 is 0 Å². The number of ketones is 2. The molecule has 0 atom stereocenters. The van der Waals surface area contributed by atoms with Crippen molar-refractivity contribution >= 4 is 17.3 Å². The summed E-state index contributed by atoms with van der Waals surface area (Å²) in [7, 11) is 0. The second kappa shape index (κ2) is 6.15. The van der Waals surface area contributed by atoms with Gasteiger partial charge in [0.1, 0.15) is 24.1 Å². The van der Waals surface area contributed by atoms with Crippen molar-refractivity contribution in [1.29, 1.82) is 0 Å². The number of rotatable bonds is 4. The van der Waals surface area contributed by atoms with Crippen LogP contribution in [0.3, 0.4) is 0 Å². The molecule has 1 saturated carbocycles. The minimum Gasteiger partial charge on any atom is -0.396 e. The van der Waals surface area contributed by atoms with E-state index in [0.29, 0.717) is 31.6 Å². The van der Waals surface area contributed by atoms with Crippen molar-refractivity contribution in [2.45, 2.75) is 58.8 Å². The van der Waals surface area contributed by atoms with E-state index in [-0.39, 0.29) is 17.0 Å². The summed E-state index contributed by atoms with van der Waals surface area (Å²) >= 11 is 0. The van der Waals surface area contributed by atoms with Gasteiger partial charge < -0.3 is 4.84 Å². The summed E-state index contributed by atoms with van der Waals surface area (Å²) in [5, 5.41) is 4.03. The zero-order valence-corrected chi connectivity index (χ0v) is 14.9. The predicted octanol–water partition coefficient (Wildman–Crippen LogP) is 3.45. The molecular weight excluding hydrogens is 302 g/mol. The van der Waals surface area contributed by atoms with Gasteiger partial charge in [-0.05, 0) is 50.3 Å². The van der Waals surface area contributed by atoms with Gasteiger partial charge in [-0.1, -0.05) is 29.8 Å². The molecule has 3 rings (SSSR count). The lowest BCUT2D eigenvalue weighted by molar-refractivity contribution is -0.135. The van der Waals surface area contributed by atoms with Crippen LogP contribution in [0.25, 0.3) is 0 Å². The minimum atomic E-state index is -0.707. The quantitative estimate of drug-likeness (QED) is 0.483. The fraction of sp³-hybridized carbons (Fsp3) is 0.550. The van der Waals surface area contributed by atoms with Crippen LogP contribution in [0.1, 0.15) is 55.4 Å². The van der Waals surface area contributed by atoms with E-state index in [4.69, 9.17) is 4.84 Å². The normalized spacial score (nSPS) is 26.3. The average molecular weight is 327 g/mol. The van der Waals surface area contributed by atoms with Gasteiger partial charge in [-0.2, -0.15) is 0 Å². The largest absolute Gasteiger partial charge is 0.396 e. The summed E-state index contributed by atoms with van der Waals surface area (Å²) in [5.74, 6) is -0.712. The molecule has 0 saturated heterocycles. The molecule has 0 amide bonds. The molecule has 2 aliphatic carbocycles. The number of carbonyl (C=O) groups excluding carboxylic acids is 2. The van der Waals surface area contributed by atoms with Gasteiger partial charge in [0.25, 0.3) is 0 Å². The van der Waals surface area contributed by atoms with Crippen molar-refractivity contribution < 1.29 is 14.4 Å². The predicted molar refractivity (Wildman–Crippen MR) is 93.4 cm³/mol. The molecule has 0 aliphatic heterocycles. The third kappa shape index (κ3) is 2.58. The number of benzene rings is 1. The maximum atomic E-state index is 12.8. The number of oxime groups is 1. The van der Waals surface area contributed by atoms with Crippen molar-refractivity contribution in [3.05, 3.63) is 34.4 Å². The van der Waals surface area contributed by atoms with E-state index in [1.807, 2.05) is 13.8 Å². The van der Waals surface area contributed by atoms with E-state index < -0.39 is 5.92 Å². The number of hydrogen-bond donors (Lipinski definition) is 0. The van der Waals surface area contributed by atoms with E-state index in [1.54, 1.807) is 0 Å². The molecule has 0 N–H and O–H groups in total. The summed E-state index contributed by atoms with van der Waals surface area (Å²) in [6, 6.07) is 4.33. The van der Waals surface area contributed by atoms with Gasteiger partial charge in [0.05, 0.1) is 5.71 Å². The second-order valence-corrected chi connectivity index (χ2v) is 7.15. The monoisotopic (exact) mass is 327 g/mol. The number of Topliss-reactive ketones (excluding diaryl/α,β-unsaturated/α-hetero) is 2. The Morgan fingerprint density at radius 1 is 1.17 bits per heavy atom. The molecule has 0 bridgehead atoms. The highest BCUT2D eigenvalue weighted by atomic mass is 16.6. The van der Waals surface area contributed by atoms with Gasteiger partial charge >= 0.3 is 0 Å². The third-order valence-corrected chi connectivity index (χ3v) is 5.30. The molecule has 1 aromatic carbocycles. The molecule has 0 aromatic heterocycles. The first-order chi connectivity index (χ1) is 11.4. The van der Waals surface area contributed by atoms with Crippen LogP contribution in [-0.2, 0) is 26.3 Å². The highest BCUT2D eigenvalue weighted by Crippen LogP contribution is 2.51. The summed E-state index contributed by atoms with van der Waals surface area (Å²) in [6.07, 6.45) is 2.26. The summed E-state index contributed by atoms with van der Waals surface area (Å²) in [6.45, 7) is 8.36. The second-order valence-electron chi connectivity index (χ2n) is 7.15. The summed E-state index contributed by atoms with van der Waals surface area (Å²) < 4.78 is 0. The lowest BCUT2D eigenvalue weighted by Crippen LogP contribution is -2.52. The lowest BCUT2D eigenvalue weighted by Gasteiger charge is -2.48. The first-order valence-corrected chi connectivity index (χ1v) is 8.76. The first kappa shape index (κ1) is 16.9. The fourth-order valence-corrected chi connectivity index (χ4v) is 4.56. The molecule has 24 heavy (non-hydrogen) atoms. The standard InChI is InChI=1S/C20H25NO3/c1-5-15(21-24-6-2)18-16(22)10-20(11-17(18)23)9-14-8-12(3)7-13(4)19(14)20/h7-8,18H,5-6,9-11H2,1-4H3. The Morgan fingerprint density at radius 2 is 1.83 bits per heavy atom. The summed E-state index contributed by atoms with van der Waals surface area (Å²) in [5.41, 5.74) is 5.26. The summed E-state index contributed by atoms with van der Waals surface area (Å²) in [4.78, 5) is 30.7. The van der Waals surface area contributed by atoms with E-state index in [0.717, 1.165) is 6.42 Å². The maximum absolute atomic E-state index is 12.8. The smallest absolute Gasteiger partial charge is 0.150 e. The number of carbonyl (C=O) groups is 2. The fourth-order valence-electron chi connectivity index (χ4n) is 4.56. The molecule has 128 valence electrons. The van der Waals surface area contributed by atoms with Crippen LogP contribution in [0.5, 0.6) is 0 Å². The Kier molecular flexibility index (Phi) is 4.33. The van der Waals surface area contributed by atoms with Crippen LogP contribution in [0, 0.1) is 19.8 Å². The van der Waals surface area contributed by atoms with Gasteiger partial charge in [-0.15, -0.1) is 0 Å². The van der Waals surface area contributed by atoms with Crippen LogP contribution in [0.15, 0.2) is 17.3 Å². The van der Waals surface area contributed by atoms with Crippen molar-refractivity contribution in [2.75, 3.05) is 6.61 Å². The number of hydrogen-bond acceptors (Lipinski definition) is 4. The van der Waals surface area contributed by atoms with Crippen LogP contribution in [-0.4, -0.2) is 23.9 Å². The molecule has 1 fully saturated rings.